The van der Waals surface area contributed by atoms with E-state index in [2.05, 4.69) is 13.8 Å². The largest absolute Gasteiger partial charge is 0.379 e. The van der Waals surface area contributed by atoms with Crippen LogP contribution in [-0.2, 0) is 23.7 Å². The number of hydrogen-bond acceptors (Lipinski definition) is 5. The van der Waals surface area contributed by atoms with Crippen LogP contribution in [0.15, 0.2) is 0 Å². The van der Waals surface area contributed by atoms with Crippen molar-refractivity contribution in [2.24, 2.45) is 0 Å². The summed E-state index contributed by atoms with van der Waals surface area (Å²) in [5, 5.41) is 0. The minimum absolute atomic E-state index is 0.608. The Morgan fingerprint density at radius 2 is 0.405 bits per heavy atom. The van der Waals surface area contributed by atoms with E-state index in [-0.39, 0.29) is 0 Å². The molecule has 0 atom stereocenters. The molecule has 0 saturated heterocycles. The zero-order valence-corrected chi connectivity index (χ0v) is 25.3. The first-order chi connectivity index (χ1) is 18.4. The summed E-state index contributed by atoms with van der Waals surface area (Å²) < 4.78 is 28.0. The molecule has 0 amide bonds. The summed E-state index contributed by atoms with van der Waals surface area (Å²) in [4.78, 5) is 0. The molecule has 0 N–H and O–H groups in total. The summed E-state index contributed by atoms with van der Waals surface area (Å²) in [6.45, 7) is 11.4. The van der Waals surface area contributed by atoms with Crippen LogP contribution in [0.5, 0.6) is 0 Å². The second-order valence-electron chi connectivity index (χ2n) is 10.4. The summed E-state index contributed by atoms with van der Waals surface area (Å²) in [6, 6.07) is 0. The fourth-order valence-corrected chi connectivity index (χ4v) is 4.36. The quantitative estimate of drug-likeness (QED) is 0.0777. The minimum Gasteiger partial charge on any atom is -0.379 e. The predicted molar refractivity (Wildman–Crippen MR) is 158 cm³/mol. The second-order valence-corrected chi connectivity index (χ2v) is 10.4. The van der Waals surface area contributed by atoms with E-state index in [0.29, 0.717) is 52.9 Å². The van der Waals surface area contributed by atoms with Crippen molar-refractivity contribution in [3.05, 3.63) is 0 Å². The first kappa shape index (κ1) is 36.8. The van der Waals surface area contributed by atoms with Crippen LogP contribution < -0.4 is 0 Å². The van der Waals surface area contributed by atoms with E-state index in [1.807, 2.05) is 0 Å². The lowest BCUT2D eigenvalue weighted by Gasteiger charge is -2.08. The van der Waals surface area contributed by atoms with Gasteiger partial charge in [0.15, 0.2) is 0 Å². The number of hydrogen-bond donors (Lipinski definition) is 0. The molecule has 5 heteroatoms. The Morgan fingerprint density at radius 1 is 0.216 bits per heavy atom. The van der Waals surface area contributed by atoms with E-state index in [1.165, 1.54) is 128 Å². The third kappa shape index (κ3) is 35.8. The van der Waals surface area contributed by atoms with Gasteiger partial charge < -0.3 is 23.7 Å². The van der Waals surface area contributed by atoms with E-state index >= 15 is 0 Å². The van der Waals surface area contributed by atoms with Crippen molar-refractivity contribution in [2.45, 2.75) is 142 Å². The van der Waals surface area contributed by atoms with Crippen LogP contribution in [-0.4, -0.2) is 66.1 Å². The number of rotatable bonds is 34. The summed E-state index contributed by atoms with van der Waals surface area (Å²) in [6.07, 6.45) is 27.2. The molecule has 0 aliphatic carbocycles. The normalized spacial score (nSPS) is 11.5. The molecular formula is C32H66O5. The molecule has 0 fully saturated rings. The molecule has 0 aliphatic rings. The zero-order chi connectivity index (χ0) is 26.7. The maximum absolute atomic E-state index is 5.65. The molecule has 0 radical (unpaired) electrons. The summed E-state index contributed by atoms with van der Waals surface area (Å²) in [7, 11) is 0. The van der Waals surface area contributed by atoms with Gasteiger partial charge in [-0.2, -0.15) is 0 Å². The van der Waals surface area contributed by atoms with E-state index in [0.717, 1.165) is 13.2 Å². The highest BCUT2D eigenvalue weighted by Gasteiger charge is 1.96. The van der Waals surface area contributed by atoms with Gasteiger partial charge in [-0.3, -0.25) is 0 Å². The average molecular weight is 531 g/mol. The minimum atomic E-state index is 0.608. The smallest absolute Gasteiger partial charge is 0.0701 e. The molecule has 0 saturated carbocycles. The molecule has 224 valence electrons. The molecule has 37 heavy (non-hydrogen) atoms. The molecule has 0 unspecified atom stereocenters. The second kappa shape index (κ2) is 35.8. The van der Waals surface area contributed by atoms with E-state index in [4.69, 9.17) is 23.7 Å². The van der Waals surface area contributed by atoms with Crippen LogP contribution in [0.25, 0.3) is 0 Å². The van der Waals surface area contributed by atoms with Gasteiger partial charge in [0.1, 0.15) is 0 Å². The van der Waals surface area contributed by atoms with Crippen molar-refractivity contribution in [3.63, 3.8) is 0 Å². The standard InChI is InChI=1S/C32H66O5/c1-3-5-7-9-11-13-15-17-19-21-23-33-25-27-35-29-31-37-32-30-36-28-26-34-24-22-20-18-16-14-12-10-8-6-4-2/h3-32H2,1-2H3. The fourth-order valence-electron chi connectivity index (χ4n) is 4.36. The van der Waals surface area contributed by atoms with Crippen molar-refractivity contribution in [2.75, 3.05) is 66.1 Å². The Labute approximate surface area is 232 Å². The Balaban J connectivity index is 3.00. The van der Waals surface area contributed by atoms with Crippen LogP contribution in [0.1, 0.15) is 142 Å². The molecule has 5 nitrogen and oxygen atoms in total. The first-order valence-electron chi connectivity index (χ1n) is 16.3. The molecule has 0 aromatic rings. The van der Waals surface area contributed by atoms with E-state index in [1.54, 1.807) is 0 Å². The number of unbranched alkanes of at least 4 members (excludes halogenated alkanes) is 18. The van der Waals surface area contributed by atoms with Gasteiger partial charge in [0, 0.05) is 13.2 Å². The third-order valence-corrected chi connectivity index (χ3v) is 6.77. The van der Waals surface area contributed by atoms with Gasteiger partial charge in [-0.15, -0.1) is 0 Å². The SMILES string of the molecule is CCCCCCCCCCCCOCCOCCOCCOCCOCCCCCCCCCCCC. The van der Waals surface area contributed by atoms with Crippen molar-refractivity contribution < 1.29 is 23.7 Å². The molecule has 0 aliphatic heterocycles. The average Bonchev–Trinajstić information content (AvgIpc) is 2.91. The van der Waals surface area contributed by atoms with Crippen molar-refractivity contribution in [1.82, 2.24) is 0 Å². The molecule has 0 spiro atoms. The van der Waals surface area contributed by atoms with Gasteiger partial charge in [0.2, 0.25) is 0 Å². The molecule has 0 heterocycles. The lowest BCUT2D eigenvalue weighted by atomic mass is 10.1. The highest BCUT2D eigenvalue weighted by atomic mass is 16.6. The van der Waals surface area contributed by atoms with Crippen molar-refractivity contribution in [3.8, 4) is 0 Å². The number of ether oxygens (including phenoxy) is 5. The maximum Gasteiger partial charge on any atom is 0.0701 e. The van der Waals surface area contributed by atoms with Crippen LogP contribution in [0.2, 0.25) is 0 Å². The van der Waals surface area contributed by atoms with Crippen LogP contribution in [0, 0.1) is 0 Å². The molecule has 0 rings (SSSR count). The summed E-state index contributed by atoms with van der Waals surface area (Å²) >= 11 is 0. The van der Waals surface area contributed by atoms with Gasteiger partial charge in [-0.25, -0.2) is 0 Å². The van der Waals surface area contributed by atoms with Gasteiger partial charge in [-0.05, 0) is 12.8 Å². The van der Waals surface area contributed by atoms with Gasteiger partial charge in [-0.1, -0.05) is 129 Å². The van der Waals surface area contributed by atoms with E-state index in [9.17, 15) is 0 Å². The Bertz CT molecular complexity index is 346. The fraction of sp³-hybridized carbons (Fsp3) is 1.00. The summed E-state index contributed by atoms with van der Waals surface area (Å²) in [5.41, 5.74) is 0. The van der Waals surface area contributed by atoms with E-state index < -0.39 is 0 Å². The van der Waals surface area contributed by atoms with Crippen LogP contribution in [0.3, 0.4) is 0 Å². The lowest BCUT2D eigenvalue weighted by Crippen LogP contribution is -2.13. The maximum atomic E-state index is 5.65. The first-order valence-corrected chi connectivity index (χ1v) is 16.3. The topological polar surface area (TPSA) is 46.2 Å². The molecule has 0 aromatic carbocycles. The van der Waals surface area contributed by atoms with Gasteiger partial charge >= 0.3 is 0 Å². The lowest BCUT2D eigenvalue weighted by molar-refractivity contribution is -0.0114. The van der Waals surface area contributed by atoms with Gasteiger partial charge in [0.25, 0.3) is 0 Å². The Morgan fingerprint density at radius 3 is 0.649 bits per heavy atom. The van der Waals surface area contributed by atoms with Crippen molar-refractivity contribution >= 4 is 0 Å². The summed E-state index contributed by atoms with van der Waals surface area (Å²) in [5.74, 6) is 0. The molecule has 0 aromatic heterocycles. The Kier molecular flexibility index (Phi) is 35.6. The van der Waals surface area contributed by atoms with Crippen molar-refractivity contribution in [1.29, 1.82) is 0 Å². The Hall–Kier alpha value is -0.200. The van der Waals surface area contributed by atoms with Crippen LogP contribution in [0.4, 0.5) is 0 Å². The third-order valence-electron chi connectivity index (χ3n) is 6.77. The molecule has 0 bridgehead atoms. The highest BCUT2D eigenvalue weighted by molar-refractivity contribution is 4.48. The van der Waals surface area contributed by atoms with Gasteiger partial charge in [0.05, 0.1) is 52.9 Å². The zero-order valence-electron chi connectivity index (χ0n) is 25.3. The molecular weight excluding hydrogens is 464 g/mol. The van der Waals surface area contributed by atoms with Crippen LogP contribution >= 0.6 is 0 Å². The predicted octanol–water partition coefficient (Wildman–Crippen LogP) is 8.91. The monoisotopic (exact) mass is 530 g/mol. The highest BCUT2D eigenvalue weighted by Crippen LogP contribution is 2.11.